The number of ketones is 1. The number of aromatic nitrogens is 2. The molecule has 0 aliphatic rings. The van der Waals surface area contributed by atoms with E-state index < -0.39 is 11.8 Å². The van der Waals surface area contributed by atoms with Gasteiger partial charge in [-0.3, -0.25) is 4.79 Å². The molecular formula is C24H17N2NaO5S. The van der Waals surface area contributed by atoms with Gasteiger partial charge in [-0.1, -0.05) is 18.2 Å². The number of aliphatic carboxylic acids is 1. The Labute approximate surface area is 216 Å². The number of nitrogens with zero attached hydrogens (tertiary/aromatic N) is 2. The minimum absolute atomic E-state index is 0. The number of methoxy groups -OCH3 is 2. The fourth-order valence-corrected chi connectivity index (χ4v) is 3.85. The van der Waals surface area contributed by atoms with Crippen LogP contribution in [0.1, 0.15) is 21.5 Å². The van der Waals surface area contributed by atoms with Gasteiger partial charge in [0, 0.05) is 16.7 Å². The van der Waals surface area contributed by atoms with E-state index in [-0.39, 0.29) is 40.7 Å². The zero-order chi connectivity index (χ0) is 22.7. The summed E-state index contributed by atoms with van der Waals surface area (Å²) in [6.07, 6.45) is 0. The van der Waals surface area contributed by atoms with Crippen LogP contribution in [0.25, 0.3) is 22.2 Å². The molecule has 33 heavy (non-hydrogen) atoms. The maximum absolute atomic E-state index is 13.6. The molecule has 0 saturated heterocycles. The summed E-state index contributed by atoms with van der Waals surface area (Å²) in [6, 6.07) is 17.9. The molecule has 0 aliphatic heterocycles. The first-order valence-electron chi connectivity index (χ1n) is 9.53. The molecule has 0 bridgehead atoms. The number of carboxylic acids is 1. The third-order valence-corrected chi connectivity index (χ3v) is 5.51. The van der Waals surface area contributed by atoms with Gasteiger partial charge in [0.25, 0.3) is 0 Å². The predicted octanol–water partition coefficient (Wildman–Crippen LogP) is 0.256. The van der Waals surface area contributed by atoms with Crippen molar-refractivity contribution in [2.45, 2.75) is 0 Å². The zero-order valence-electron chi connectivity index (χ0n) is 18.2. The van der Waals surface area contributed by atoms with Gasteiger partial charge in [0.1, 0.15) is 22.5 Å². The molecule has 160 valence electrons. The Balaban J connectivity index is 0.00000306. The molecule has 1 heterocycles. The van der Waals surface area contributed by atoms with Crippen molar-refractivity contribution in [3.8, 4) is 11.5 Å². The van der Waals surface area contributed by atoms with E-state index in [4.69, 9.17) is 9.47 Å². The van der Waals surface area contributed by atoms with E-state index >= 15 is 0 Å². The van der Waals surface area contributed by atoms with Crippen molar-refractivity contribution in [2.75, 3.05) is 14.2 Å². The molecule has 7 nitrogen and oxygen atoms in total. The molecule has 0 spiro atoms. The Morgan fingerprint density at radius 1 is 0.727 bits per heavy atom. The van der Waals surface area contributed by atoms with Crippen LogP contribution in [0, 0.1) is 0 Å². The third kappa shape index (κ3) is 5.15. The normalized spacial score (nSPS) is 11.3. The van der Waals surface area contributed by atoms with Crippen LogP contribution in [-0.4, -0.2) is 34.7 Å². The molecule has 0 aliphatic carbocycles. The van der Waals surface area contributed by atoms with Crippen molar-refractivity contribution in [3.63, 3.8) is 0 Å². The largest absolute Gasteiger partial charge is 1.00 e. The molecule has 1 aromatic heterocycles. The van der Waals surface area contributed by atoms with Gasteiger partial charge >= 0.3 is 29.6 Å². The Morgan fingerprint density at radius 3 is 1.79 bits per heavy atom. The van der Waals surface area contributed by atoms with Crippen LogP contribution in [0.3, 0.4) is 0 Å². The molecule has 3 aromatic carbocycles. The maximum Gasteiger partial charge on any atom is 1.00 e. The average molecular weight is 468 g/mol. The summed E-state index contributed by atoms with van der Waals surface area (Å²) in [4.78, 5) is 25.9. The molecule has 0 unspecified atom stereocenters. The number of hydrogen-bond donors (Lipinski definition) is 0. The van der Waals surface area contributed by atoms with Gasteiger partial charge in [-0.15, -0.1) is 0 Å². The average Bonchev–Trinajstić information content (AvgIpc) is 3.30. The van der Waals surface area contributed by atoms with E-state index in [9.17, 15) is 14.7 Å². The van der Waals surface area contributed by atoms with Gasteiger partial charge in [-0.05, 0) is 59.7 Å². The number of hydrogen-bond acceptors (Lipinski definition) is 8. The first-order valence-corrected chi connectivity index (χ1v) is 10.3. The van der Waals surface area contributed by atoms with Crippen molar-refractivity contribution < 1.29 is 53.7 Å². The molecule has 4 rings (SSSR count). The predicted molar refractivity (Wildman–Crippen MR) is 120 cm³/mol. The maximum atomic E-state index is 13.6. The number of rotatable bonds is 7. The number of allylic oxidation sites excluding steroid dienone is 1. The van der Waals surface area contributed by atoms with Crippen LogP contribution in [0.5, 0.6) is 11.5 Å². The van der Waals surface area contributed by atoms with Crippen molar-refractivity contribution in [1.29, 1.82) is 0 Å². The smallest absolute Gasteiger partial charge is 0.545 e. The number of carbonyl (C=O) groups excluding carboxylic acids is 2. The molecule has 9 heteroatoms. The van der Waals surface area contributed by atoms with Gasteiger partial charge in [0.2, 0.25) is 0 Å². The van der Waals surface area contributed by atoms with Crippen molar-refractivity contribution in [3.05, 3.63) is 83.4 Å². The van der Waals surface area contributed by atoms with Gasteiger partial charge in [0.05, 0.1) is 31.9 Å². The first kappa shape index (κ1) is 24.6. The molecule has 0 N–H and O–H groups in total. The van der Waals surface area contributed by atoms with Gasteiger partial charge < -0.3 is 19.4 Å². The molecular weight excluding hydrogens is 451 g/mol. The van der Waals surface area contributed by atoms with Crippen LogP contribution in [0.4, 0.5) is 0 Å². The molecule has 0 amide bonds. The number of carboxylic acid groups (broad SMARTS) is 1. The number of Topliss-reactive ketones (excluding diaryl/α,β-unsaturated/α-hetero) is 1. The van der Waals surface area contributed by atoms with Gasteiger partial charge in [-0.25, -0.2) is 0 Å². The van der Waals surface area contributed by atoms with Gasteiger partial charge in [0.15, 0.2) is 5.78 Å². The third-order valence-electron chi connectivity index (χ3n) is 4.95. The van der Waals surface area contributed by atoms with Crippen LogP contribution >= 0.6 is 11.7 Å². The second-order valence-corrected chi connectivity index (χ2v) is 7.32. The molecule has 0 radical (unpaired) electrons. The van der Waals surface area contributed by atoms with E-state index in [0.717, 1.165) is 11.7 Å². The van der Waals surface area contributed by atoms with Crippen LogP contribution in [-0.2, 0) is 4.79 Å². The molecule has 0 atom stereocenters. The monoisotopic (exact) mass is 468 g/mol. The quantitative estimate of drug-likeness (QED) is 0.166. The van der Waals surface area contributed by atoms with E-state index in [1.807, 2.05) is 0 Å². The van der Waals surface area contributed by atoms with Crippen molar-refractivity contribution in [2.24, 2.45) is 0 Å². The topological polar surface area (TPSA) is 101 Å². The zero-order valence-corrected chi connectivity index (χ0v) is 21.0. The van der Waals surface area contributed by atoms with Gasteiger partial charge in [-0.2, -0.15) is 8.75 Å². The Hall–Kier alpha value is -3.04. The van der Waals surface area contributed by atoms with E-state index in [1.54, 1.807) is 66.7 Å². The fraction of sp³-hybridized carbons (Fsp3) is 0.0833. The van der Waals surface area contributed by atoms with E-state index in [1.165, 1.54) is 14.2 Å². The summed E-state index contributed by atoms with van der Waals surface area (Å²) in [5.74, 6) is -0.776. The van der Waals surface area contributed by atoms with Crippen LogP contribution < -0.4 is 44.1 Å². The van der Waals surface area contributed by atoms with Crippen molar-refractivity contribution in [1.82, 2.24) is 8.75 Å². The summed E-state index contributed by atoms with van der Waals surface area (Å²) in [5.41, 5.74) is 1.99. The summed E-state index contributed by atoms with van der Waals surface area (Å²) < 4.78 is 18.7. The second-order valence-electron chi connectivity index (χ2n) is 6.79. The fourth-order valence-electron chi connectivity index (χ4n) is 3.34. The standard InChI is InChI=1S/C24H18N2O5S.Na/c1-30-17-8-3-14(4-9-17)21(23(27)15-5-10-18(31-2)11-6-15)22(24(28)29)16-7-12-19-20(13-16)26-32-25-19;/h3-13H,1-2H3,(H,28,29);/q;+1/p-1. The Bertz CT molecular complexity index is 1330. The minimum atomic E-state index is -1.47. The summed E-state index contributed by atoms with van der Waals surface area (Å²) in [6.45, 7) is 0. The number of fused-ring (bicyclic) bond motifs is 1. The minimum Gasteiger partial charge on any atom is -0.545 e. The summed E-state index contributed by atoms with van der Waals surface area (Å²) in [7, 11) is 3.05. The van der Waals surface area contributed by atoms with Crippen LogP contribution in [0.15, 0.2) is 66.7 Å². The number of carbonyl (C=O) groups is 2. The Morgan fingerprint density at radius 2 is 1.24 bits per heavy atom. The number of benzene rings is 3. The van der Waals surface area contributed by atoms with E-state index in [0.29, 0.717) is 39.2 Å². The summed E-state index contributed by atoms with van der Waals surface area (Å²) in [5, 5.41) is 12.3. The molecule has 4 aromatic rings. The molecule has 0 fully saturated rings. The Kier molecular flexibility index (Phi) is 7.99. The SMILES string of the molecule is COc1ccc(C(=O)C(=C(C(=O)[O-])c2ccc3nsnc3c2)c2ccc(OC)cc2)cc1.[Na+]. The number of ether oxygens (including phenoxy) is 2. The van der Waals surface area contributed by atoms with Crippen molar-refractivity contribution >= 4 is 45.7 Å². The first-order chi connectivity index (χ1) is 15.5. The van der Waals surface area contributed by atoms with E-state index in [2.05, 4.69) is 8.75 Å². The molecule has 0 saturated carbocycles. The van der Waals surface area contributed by atoms with Crippen LogP contribution in [0.2, 0.25) is 0 Å². The second kappa shape index (κ2) is 10.7. The summed E-state index contributed by atoms with van der Waals surface area (Å²) >= 11 is 1.03.